The standard InChI is InChI=1S/C8H14O4/c1-2-3-5-12-8(10)4-6-11-7-9/h7H,2-6H2,1H3. The average molecular weight is 174 g/mol. The van der Waals surface area contributed by atoms with Gasteiger partial charge in [0.15, 0.2) is 0 Å². The van der Waals surface area contributed by atoms with Crippen LogP contribution in [0.1, 0.15) is 26.2 Å². The zero-order chi connectivity index (χ0) is 9.23. The molecule has 0 aromatic heterocycles. The fourth-order valence-electron chi connectivity index (χ4n) is 0.593. The van der Waals surface area contributed by atoms with E-state index in [4.69, 9.17) is 4.74 Å². The Morgan fingerprint density at radius 1 is 1.42 bits per heavy atom. The monoisotopic (exact) mass is 174 g/mol. The maximum Gasteiger partial charge on any atom is 0.309 e. The first-order chi connectivity index (χ1) is 5.81. The molecular formula is C8H14O4. The van der Waals surface area contributed by atoms with E-state index < -0.39 is 0 Å². The van der Waals surface area contributed by atoms with Crippen LogP contribution in [0.2, 0.25) is 0 Å². The number of ether oxygens (including phenoxy) is 2. The van der Waals surface area contributed by atoms with Crippen molar-refractivity contribution in [2.24, 2.45) is 0 Å². The van der Waals surface area contributed by atoms with Crippen molar-refractivity contribution in [2.45, 2.75) is 26.2 Å². The number of hydrogen-bond acceptors (Lipinski definition) is 4. The molecule has 0 bridgehead atoms. The van der Waals surface area contributed by atoms with E-state index >= 15 is 0 Å². The topological polar surface area (TPSA) is 52.6 Å². The van der Waals surface area contributed by atoms with Gasteiger partial charge in [0, 0.05) is 0 Å². The molecule has 0 saturated carbocycles. The summed E-state index contributed by atoms with van der Waals surface area (Å²) in [6.45, 7) is 2.90. The Morgan fingerprint density at radius 3 is 2.75 bits per heavy atom. The van der Waals surface area contributed by atoms with Crippen LogP contribution in [0.5, 0.6) is 0 Å². The van der Waals surface area contributed by atoms with Crippen molar-refractivity contribution >= 4 is 12.4 Å². The van der Waals surface area contributed by atoms with E-state index in [9.17, 15) is 9.59 Å². The summed E-state index contributed by atoms with van der Waals surface area (Å²) in [6.07, 6.45) is 2.01. The lowest BCUT2D eigenvalue weighted by Gasteiger charge is -2.02. The van der Waals surface area contributed by atoms with Crippen LogP contribution in [0.25, 0.3) is 0 Å². The van der Waals surface area contributed by atoms with Crippen molar-refractivity contribution in [3.8, 4) is 0 Å². The number of carbonyl (C=O) groups excluding carboxylic acids is 2. The van der Waals surface area contributed by atoms with Gasteiger partial charge in [-0.05, 0) is 6.42 Å². The predicted octanol–water partition coefficient (Wildman–Crippen LogP) is 0.893. The quantitative estimate of drug-likeness (QED) is 0.327. The minimum atomic E-state index is -0.315. The molecule has 0 N–H and O–H groups in total. The molecule has 0 aliphatic carbocycles. The molecule has 0 aliphatic heterocycles. The molecule has 4 heteroatoms. The highest BCUT2D eigenvalue weighted by Crippen LogP contribution is 1.91. The number of hydrogen-bond donors (Lipinski definition) is 0. The molecule has 0 saturated heterocycles. The van der Waals surface area contributed by atoms with Crippen molar-refractivity contribution in [1.82, 2.24) is 0 Å². The fourth-order valence-corrected chi connectivity index (χ4v) is 0.593. The van der Waals surface area contributed by atoms with Crippen molar-refractivity contribution in [3.63, 3.8) is 0 Å². The second-order valence-corrected chi connectivity index (χ2v) is 2.29. The van der Waals surface area contributed by atoms with Crippen molar-refractivity contribution in [1.29, 1.82) is 0 Å². The molecule has 0 atom stereocenters. The van der Waals surface area contributed by atoms with E-state index in [0.29, 0.717) is 13.1 Å². The Morgan fingerprint density at radius 2 is 2.17 bits per heavy atom. The van der Waals surface area contributed by atoms with Crippen LogP contribution in [0.3, 0.4) is 0 Å². The van der Waals surface area contributed by atoms with Crippen LogP contribution < -0.4 is 0 Å². The van der Waals surface area contributed by atoms with Crippen LogP contribution in [0.4, 0.5) is 0 Å². The van der Waals surface area contributed by atoms with Gasteiger partial charge in [-0.2, -0.15) is 0 Å². The Kier molecular flexibility index (Phi) is 7.33. The van der Waals surface area contributed by atoms with Crippen LogP contribution in [-0.4, -0.2) is 25.7 Å². The fraction of sp³-hybridized carbons (Fsp3) is 0.750. The molecule has 0 aromatic carbocycles. The van der Waals surface area contributed by atoms with Gasteiger partial charge < -0.3 is 9.47 Å². The third-order valence-electron chi connectivity index (χ3n) is 1.25. The van der Waals surface area contributed by atoms with E-state index in [1.165, 1.54) is 0 Å². The molecule has 0 aliphatic rings. The summed E-state index contributed by atoms with van der Waals surface area (Å²) in [7, 11) is 0. The Balaban J connectivity index is 3.15. The second-order valence-electron chi connectivity index (χ2n) is 2.29. The van der Waals surface area contributed by atoms with Gasteiger partial charge in [0.25, 0.3) is 6.47 Å². The summed E-state index contributed by atoms with van der Waals surface area (Å²) in [6, 6.07) is 0. The summed E-state index contributed by atoms with van der Waals surface area (Å²) in [5.41, 5.74) is 0. The second kappa shape index (κ2) is 8.04. The first-order valence-electron chi connectivity index (χ1n) is 4.02. The molecule has 0 amide bonds. The third kappa shape index (κ3) is 7.05. The predicted molar refractivity (Wildman–Crippen MR) is 42.5 cm³/mol. The van der Waals surface area contributed by atoms with Crippen LogP contribution in [0, 0.1) is 0 Å². The molecule has 0 rings (SSSR count). The Hall–Kier alpha value is -1.06. The Bertz CT molecular complexity index is 133. The van der Waals surface area contributed by atoms with Gasteiger partial charge in [-0.25, -0.2) is 0 Å². The lowest BCUT2D eigenvalue weighted by Crippen LogP contribution is -2.08. The van der Waals surface area contributed by atoms with E-state index in [0.717, 1.165) is 12.8 Å². The normalized spacial score (nSPS) is 9.08. The minimum absolute atomic E-state index is 0.106. The zero-order valence-electron chi connectivity index (χ0n) is 7.25. The van der Waals surface area contributed by atoms with Crippen LogP contribution in [-0.2, 0) is 19.1 Å². The van der Waals surface area contributed by atoms with E-state index in [1.807, 2.05) is 6.92 Å². The van der Waals surface area contributed by atoms with E-state index in [1.54, 1.807) is 0 Å². The number of unbranched alkanes of at least 4 members (excludes halogenated alkanes) is 1. The molecule has 0 aromatic rings. The van der Waals surface area contributed by atoms with Crippen LogP contribution >= 0.6 is 0 Å². The van der Waals surface area contributed by atoms with E-state index in [-0.39, 0.29) is 19.0 Å². The van der Waals surface area contributed by atoms with Crippen molar-refractivity contribution in [2.75, 3.05) is 13.2 Å². The summed E-state index contributed by atoms with van der Waals surface area (Å²) in [4.78, 5) is 20.4. The minimum Gasteiger partial charge on any atom is -0.467 e. The van der Waals surface area contributed by atoms with Gasteiger partial charge in [0.1, 0.15) is 6.61 Å². The maximum absolute atomic E-state index is 10.8. The smallest absolute Gasteiger partial charge is 0.309 e. The van der Waals surface area contributed by atoms with Gasteiger partial charge in [0.2, 0.25) is 0 Å². The first-order valence-corrected chi connectivity index (χ1v) is 4.02. The largest absolute Gasteiger partial charge is 0.467 e. The molecule has 4 nitrogen and oxygen atoms in total. The summed E-state index contributed by atoms with van der Waals surface area (Å²) in [5.74, 6) is -0.315. The maximum atomic E-state index is 10.8. The third-order valence-corrected chi connectivity index (χ3v) is 1.25. The molecule has 70 valence electrons. The average Bonchev–Trinajstić information content (AvgIpc) is 2.06. The van der Waals surface area contributed by atoms with Gasteiger partial charge in [-0.1, -0.05) is 13.3 Å². The summed E-state index contributed by atoms with van der Waals surface area (Å²) >= 11 is 0. The molecular weight excluding hydrogens is 160 g/mol. The summed E-state index contributed by atoms with van der Waals surface area (Å²) in [5, 5.41) is 0. The first kappa shape index (κ1) is 10.9. The SMILES string of the molecule is CCCCOC(=O)CCOC=O. The lowest BCUT2D eigenvalue weighted by molar-refractivity contribution is -0.145. The van der Waals surface area contributed by atoms with Gasteiger partial charge >= 0.3 is 5.97 Å². The Labute approximate surface area is 71.8 Å². The highest BCUT2D eigenvalue weighted by molar-refractivity contribution is 5.69. The molecule has 0 radical (unpaired) electrons. The molecule has 0 heterocycles. The summed E-state index contributed by atoms with van der Waals surface area (Å²) < 4.78 is 9.12. The van der Waals surface area contributed by atoms with Gasteiger partial charge in [-0.15, -0.1) is 0 Å². The van der Waals surface area contributed by atoms with Gasteiger partial charge in [-0.3, -0.25) is 9.59 Å². The molecule has 12 heavy (non-hydrogen) atoms. The number of esters is 1. The molecule has 0 fully saturated rings. The van der Waals surface area contributed by atoms with Crippen LogP contribution in [0.15, 0.2) is 0 Å². The number of rotatable bonds is 7. The van der Waals surface area contributed by atoms with Crippen molar-refractivity contribution < 1.29 is 19.1 Å². The highest BCUT2D eigenvalue weighted by atomic mass is 16.5. The van der Waals surface area contributed by atoms with Crippen molar-refractivity contribution in [3.05, 3.63) is 0 Å². The van der Waals surface area contributed by atoms with Gasteiger partial charge in [0.05, 0.1) is 13.0 Å². The highest BCUT2D eigenvalue weighted by Gasteiger charge is 2.01. The molecule has 0 unspecified atom stereocenters. The van der Waals surface area contributed by atoms with E-state index in [2.05, 4.69) is 4.74 Å². The number of carbonyl (C=O) groups is 2. The molecule has 0 spiro atoms. The lowest BCUT2D eigenvalue weighted by atomic mass is 10.4. The zero-order valence-corrected chi connectivity index (χ0v) is 7.25.